The molecule has 0 fully saturated rings. The maximum atomic E-state index is 2.47. The third-order valence-corrected chi connectivity index (χ3v) is 11.3. The Balaban J connectivity index is 1.26. The molecule has 0 radical (unpaired) electrons. The Bertz CT molecular complexity index is 3220. The molecule has 0 atom stereocenters. The molecule has 11 rings (SSSR count). The minimum Gasteiger partial charge on any atom is -0.310 e. The second-order valence-electron chi connectivity index (χ2n) is 14.5. The van der Waals surface area contributed by atoms with Crippen molar-refractivity contribution in [2.24, 2.45) is 0 Å². The first-order chi connectivity index (χ1) is 27.8. The number of nitrogens with zero attached hydrogens (tertiary/aromatic N) is 2. The van der Waals surface area contributed by atoms with Crippen LogP contribution in [0.4, 0.5) is 17.1 Å². The molecule has 1 aromatic heterocycles. The summed E-state index contributed by atoms with van der Waals surface area (Å²) in [6.45, 7) is 0. The first-order valence-corrected chi connectivity index (χ1v) is 19.3. The Morgan fingerprint density at radius 1 is 0.339 bits per heavy atom. The van der Waals surface area contributed by atoms with Gasteiger partial charge in [-0.3, -0.25) is 0 Å². The smallest absolute Gasteiger partial charge is 0.0640 e. The van der Waals surface area contributed by atoms with Gasteiger partial charge in [0.25, 0.3) is 0 Å². The summed E-state index contributed by atoms with van der Waals surface area (Å²) in [5.41, 5.74) is 11.7. The number of rotatable bonds is 6. The third-order valence-electron chi connectivity index (χ3n) is 11.3. The molecule has 0 aliphatic rings. The number of fused-ring (bicyclic) bond motifs is 8. The first-order valence-electron chi connectivity index (χ1n) is 19.3. The van der Waals surface area contributed by atoms with Gasteiger partial charge in [-0.2, -0.15) is 0 Å². The average molecular weight is 713 g/mol. The minimum atomic E-state index is 1.10. The van der Waals surface area contributed by atoms with Crippen molar-refractivity contribution in [1.29, 1.82) is 0 Å². The standard InChI is InChI=1S/C54H36N2/c1-4-16-37(17-5-1)38-28-31-44(32-29-38)55(42-20-6-2-7-21-42)52-36-40-19-11-13-25-46(40)54-53(52)50-35-41(30-33-51(50)56(54)43-22-8-3-9-23-43)49-34-39-18-10-12-24-45(39)47-26-14-15-27-48(47)49/h1-36H. The van der Waals surface area contributed by atoms with E-state index in [-0.39, 0.29) is 0 Å². The van der Waals surface area contributed by atoms with Crippen LogP contribution in [0.15, 0.2) is 218 Å². The highest BCUT2D eigenvalue weighted by atomic mass is 15.1. The molecule has 0 saturated heterocycles. The van der Waals surface area contributed by atoms with Crippen LogP contribution >= 0.6 is 0 Å². The molecular weight excluding hydrogens is 677 g/mol. The molecule has 0 amide bonds. The zero-order valence-electron chi connectivity index (χ0n) is 30.7. The van der Waals surface area contributed by atoms with Crippen molar-refractivity contribution in [3.63, 3.8) is 0 Å². The Morgan fingerprint density at radius 2 is 0.875 bits per heavy atom. The SMILES string of the molecule is c1ccc(-c2ccc(N(c3ccccc3)c3cc4ccccc4c4c3c3cc(-c5cc6ccccc6c6ccccc56)ccc3n4-c3ccccc3)cc2)cc1. The van der Waals surface area contributed by atoms with Crippen molar-refractivity contribution in [3.05, 3.63) is 218 Å². The molecule has 2 heteroatoms. The molecule has 0 bridgehead atoms. The lowest BCUT2D eigenvalue weighted by molar-refractivity contribution is 1.19. The van der Waals surface area contributed by atoms with Crippen LogP contribution in [0.1, 0.15) is 0 Å². The Labute approximate surface area is 325 Å². The van der Waals surface area contributed by atoms with Crippen LogP contribution in [0.2, 0.25) is 0 Å². The monoisotopic (exact) mass is 712 g/mol. The van der Waals surface area contributed by atoms with Crippen LogP contribution in [0, 0.1) is 0 Å². The van der Waals surface area contributed by atoms with E-state index in [1.54, 1.807) is 0 Å². The van der Waals surface area contributed by atoms with E-state index >= 15 is 0 Å². The fourth-order valence-corrected chi connectivity index (χ4v) is 8.78. The number of anilines is 3. The largest absolute Gasteiger partial charge is 0.310 e. The molecule has 262 valence electrons. The summed E-state index contributed by atoms with van der Waals surface area (Å²) in [4.78, 5) is 2.44. The minimum absolute atomic E-state index is 1.10. The van der Waals surface area contributed by atoms with E-state index in [1.165, 1.54) is 76.4 Å². The van der Waals surface area contributed by atoms with Gasteiger partial charge in [-0.1, -0.05) is 158 Å². The van der Waals surface area contributed by atoms with Crippen molar-refractivity contribution >= 4 is 71.2 Å². The van der Waals surface area contributed by atoms with Gasteiger partial charge in [-0.05, 0) is 110 Å². The number of benzene rings is 10. The van der Waals surface area contributed by atoms with Gasteiger partial charge < -0.3 is 9.47 Å². The van der Waals surface area contributed by atoms with E-state index in [2.05, 4.69) is 228 Å². The summed E-state index contributed by atoms with van der Waals surface area (Å²) in [7, 11) is 0. The van der Waals surface area contributed by atoms with E-state index in [1.807, 2.05) is 0 Å². The summed E-state index contributed by atoms with van der Waals surface area (Å²) in [6, 6.07) is 79.5. The molecule has 0 spiro atoms. The van der Waals surface area contributed by atoms with Gasteiger partial charge in [-0.25, -0.2) is 0 Å². The van der Waals surface area contributed by atoms with Gasteiger partial charge in [0.15, 0.2) is 0 Å². The molecule has 0 aliphatic carbocycles. The summed E-state index contributed by atoms with van der Waals surface area (Å²) >= 11 is 0. The van der Waals surface area contributed by atoms with Crippen LogP contribution in [0.3, 0.4) is 0 Å². The predicted octanol–water partition coefficient (Wildman–Crippen LogP) is 15.0. The van der Waals surface area contributed by atoms with Crippen LogP contribution in [0.25, 0.3) is 82.1 Å². The molecule has 0 saturated carbocycles. The fraction of sp³-hybridized carbons (Fsp3) is 0. The van der Waals surface area contributed by atoms with Crippen molar-refractivity contribution in [1.82, 2.24) is 4.57 Å². The van der Waals surface area contributed by atoms with Crippen molar-refractivity contribution < 1.29 is 0 Å². The maximum Gasteiger partial charge on any atom is 0.0640 e. The summed E-state index contributed by atoms with van der Waals surface area (Å²) in [6.07, 6.45) is 0. The molecule has 10 aromatic carbocycles. The molecule has 0 N–H and O–H groups in total. The van der Waals surface area contributed by atoms with Crippen LogP contribution in [0.5, 0.6) is 0 Å². The molecule has 1 heterocycles. The van der Waals surface area contributed by atoms with E-state index < -0.39 is 0 Å². The average Bonchev–Trinajstić information content (AvgIpc) is 3.62. The second kappa shape index (κ2) is 13.2. The topological polar surface area (TPSA) is 8.17 Å². The molecular formula is C54H36N2. The van der Waals surface area contributed by atoms with Crippen molar-refractivity contribution in [2.75, 3.05) is 4.90 Å². The zero-order chi connectivity index (χ0) is 37.0. The lowest BCUT2D eigenvalue weighted by atomic mass is 9.92. The summed E-state index contributed by atoms with van der Waals surface area (Å²) in [5.74, 6) is 0. The number of aromatic nitrogens is 1. The number of para-hydroxylation sites is 2. The predicted molar refractivity (Wildman–Crippen MR) is 239 cm³/mol. The number of hydrogen-bond donors (Lipinski definition) is 0. The van der Waals surface area contributed by atoms with Crippen molar-refractivity contribution in [2.45, 2.75) is 0 Å². The Morgan fingerprint density at radius 3 is 1.61 bits per heavy atom. The zero-order valence-corrected chi connectivity index (χ0v) is 30.7. The molecule has 0 aliphatic heterocycles. The Kier molecular flexibility index (Phi) is 7.53. The lowest BCUT2D eigenvalue weighted by Gasteiger charge is -2.27. The van der Waals surface area contributed by atoms with E-state index in [4.69, 9.17) is 0 Å². The normalized spacial score (nSPS) is 11.6. The van der Waals surface area contributed by atoms with E-state index in [9.17, 15) is 0 Å². The van der Waals surface area contributed by atoms with Gasteiger partial charge in [-0.15, -0.1) is 0 Å². The maximum absolute atomic E-state index is 2.47. The highest BCUT2D eigenvalue weighted by Crippen LogP contribution is 2.48. The molecule has 56 heavy (non-hydrogen) atoms. The van der Waals surface area contributed by atoms with Gasteiger partial charge in [0.05, 0.1) is 16.7 Å². The van der Waals surface area contributed by atoms with Crippen LogP contribution in [-0.4, -0.2) is 4.57 Å². The molecule has 2 nitrogen and oxygen atoms in total. The quantitative estimate of drug-likeness (QED) is 0.156. The van der Waals surface area contributed by atoms with Gasteiger partial charge in [0.1, 0.15) is 0 Å². The highest BCUT2D eigenvalue weighted by molar-refractivity contribution is 6.25. The van der Waals surface area contributed by atoms with Crippen molar-refractivity contribution in [3.8, 4) is 27.9 Å². The highest BCUT2D eigenvalue weighted by Gasteiger charge is 2.24. The summed E-state index contributed by atoms with van der Waals surface area (Å²) < 4.78 is 2.47. The first kappa shape index (κ1) is 32.0. The van der Waals surface area contributed by atoms with E-state index in [0.29, 0.717) is 0 Å². The Hall–Kier alpha value is -7.42. The van der Waals surface area contributed by atoms with Crippen LogP contribution in [-0.2, 0) is 0 Å². The lowest BCUT2D eigenvalue weighted by Crippen LogP contribution is -2.10. The number of hydrogen-bond acceptors (Lipinski definition) is 1. The molecule has 11 aromatic rings. The van der Waals surface area contributed by atoms with Gasteiger partial charge in [0, 0.05) is 33.2 Å². The second-order valence-corrected chi connectivity index (χ2v) is 14.5. The van der Waals surface area contributed by atoms with Crippen LogP contribution < -0.4 is 4.90 Å². The molecule has 0 unspecified atom stereocenters. The fourth-order valence-electron chi connectivity index (χ4n) is 8.78. The van der Waals surface area contributed by atoms with Gasteiger partial charge in [0.2, 0.25) is 0 Å². The van der Waals surface area contributed by atoms with E-state index in [0.717, 1.165) is 22.7 Å². The third kappa shape index (κ3) is 5.19. The summed E-state index contributed by atoms with van der Waals surface area (Å²) in [5, 5.41) is 9.88. The van der Waals surface area contributed by atoms with Gasteiger partial charge >= 0.3 is 0 Å².